The first-order chi connectivity index (χ1) is 8.71. The molecule has 19 heavy (non-hydrogen) atoms. The summed E-state index contributed by atoms with van der Waals surface area (Å²) in [5, 5.41) is 0.580. The minimum atomic E-state index is -1.40. The Labute approximate surface area is 117 Å². The van der Waals surface area contributed by atoms with Gasteiger partial charge in [-0.05, 0) is 44.9 Å². The van der Waals surface area contributed by atoms with Gasteiger partial charge in [0.05, 0.1) is 6.42 Å². The summed E-state index contributed by atoms with van der Waals surface area (Å²) in [4.78, 5) is 11.7. The summed E-state index contributed by atoms with van der Waals surface area (Å²) in [5.74, 6) is -0.630. The maximum Gasteiger partial charge on any atom is 0.306 e. The average molecular weight is 285 g/mol. The lowest BCUT2D eigenvalue weighted by atomic mass is 10.1. The fourth-order valence-corrected chi connectivity index (χ4v) is 2.32. The van der Waals surface area contributed by atoms with Crippen molar-refractivity contribution in [2.24, 2.45) is 5.92 Å². The highest BCUT2D eigenvalue weighted by molar-refractivity contribution is 6.30. The van der Waals surface area contributed by atoms with Crippen LogP contribution in [0.1, 0.15) is 39.2 Å². The van der Waals surface area contributed by atoms with Gasteiger partial charge in [-0.25, -0.2) is 4.39 Å². The van der Waals surface area contributed by atoms with E-state index in [1.54, 1.807) is 45.0 Å². The first-order valence-electron chi connectivity index (χ1n) is 6.37. The molecule has 0 radical (unpaired) electrons. The van der Waals surface area contributed by atoms with Crippen molar-refractivity contribution in [3.8, 4) is 0 Å². The number of carbonyl (C=O) groups excluding carboxylic acids is 1. The molecular formula is C15H18ClFO2. The molecule has 2 nitrogen and oxygen atoms in total. The van der Waals surface area contributed by atoms with E-state index in [2.05, 4.69) is 0 Å². The van der Waals surface area contributed by atoms with Crippen molar-refractivity contribution < 1.29 is 13.9 Å². The Bertz CT molecular complexity index is 478. The van der Waals surface area contributed by atoms with Gasteiger partial charge in [-0.15, -0.1) is 0 Å². The third-order valence-electron chi connectivity index (χ3n) is 3.19. The van der Waals surface area contributed by atoms with Crippen molar-refractivity contribution in [1.82, 2.24) is 0 Å². The van der Waals surface area contributed by atoms with E-state index in [0.717, 1.165) is 0 Å². The van der Waals surface area contributed by atoms with Crippen molar-refractivity contribution in [2.45, 2.75) is 44.9 Å². The van der Waals surface area contributed by atoms with Gasteiger partial charge in [0.1, 0.15) is 11.3 Å². The molecule has 0 bridgehead atoms. The fraction of sp³-hybridized carbons (Fsp3) is 0.533. The smallest absolute Gasteiger partial charge is 0.306 e. The number of ether oxygens (including phenoxy) is 1. The Balaban J connectivity index is 1.96. The summed E-state index contributed by atoms with van der Waals surface area (Å²) in [6, 6.07) is 6.69. The molecule has 104 valence electrons. The number of esters is 1. The lowest BCUT2D eigenvalue weighted by Gasteiger charge is -2.19. The van der Waals surface area contributed by atoms with Crippen LogP contribution < -0.4 is 0 Å². The molecule has 1 aromatic rings. The summed E-state index contributed by atoms with van der Waals surface area (Å²) in [6.07, 6.45) is 0.490. The van der Waals surface area contributed by atoms with Gasteiger partial charge in [0, 0.05) is 10.9 Å². The summed E-state index contributed by atoms with van der Waals surface area (Å²) < 4.78 is 19.8. The number of carbonyl (C=O) groups is 1. The zero-order chi connectivity index (χ0) is 14.3. The fourth-order valence-electron chi connectivity index (χ4n) is 2.20. The highest BCUT2D eigenvalue weighted by atomic mass is 35.5. The highest BCUT2D eigenvalue weighted by Crippen LogP contribution is 2.57. The van der Waals surface area contributed by atoms with E-state index in [9.17, 15) is 9.18 Å². The normalized spacial score (nSPS) is 26.1. The molecule has 1 saturated carbocycles. The van der Waals surface area contributed by atoms with Crippen LogP contribution >= 0.6 is 11.6 Å². The van der Waals surface area contributed by atoms with Crippen LogP contribution in [0.2, 0.25) is 5.02 Å². The van der Waals surface area contributed by atoms with Gasteiger partial charge in [-0.2, -0.15) is 0 Å². The van der Waals surface area contributed by atoms with Crippen LogP contribution in [-0.2, 0) is 15.2 Å². The predicted molar refractivity (Wildman–Crippen MR) is 72.8 cm³/mol. The highest BCUT2D eigenvalue weighted by Gasteiger charge is 2.57. The Morgan fingerprint density at radius 1 is 1.42 bits per heavy atom. The summed E-state index contributed by atoms with van der Waals surface area (Å²) >= 11 is 5.78. The Kier molecular flexibility index (Phi) is 3.61. The van der Waals surface area contributed by atoms with Gasteiger partial charge in [-0.1, -0.05) is 23.7 Å². The van der Waals surface area contributed by atoms with Gasteiger partial charge in [0.25, 0.3) is 0 Å². The second kappa shape index (κ2) is 4.78. The van der Waals surface area contributed by atoms with Gasteiger partial charge < -0.3 is 4.74 Å². The lowest BCUT2D eigenvalue weighted by molar-refractivity contribution is -0.155. The molecule has 0 heterocycles. The van der Waals surface area contributed by atoms with Crippen LogP contribution in [0, 0.1) is 5.92 Å². The quantitative estimate of drug-likeness (QED) is 0.775. The van der Waals surface area contributed by atoms with Crippen LogP contribution in [0.15, 0.2) is 24.3 Å². The topological polar surface area (TPSA) is 26.3 Å². The van der Waals surface area contributed by atoms with E-state index >= 15 is 0 Å². The number of rotatable bonds is 3. The van der Waals surface area contributed by atoms with E-state index in [4.69, 9.17) is 16.3 Å². The molecule has 1 aliphatic carbocycles. The molecule has 0 spiro atoms. The number of halogens is 2. The van der Waals surface area contributed by atoms with E-state index in [0.29, 0.717) is 17.0 Å². The van der Waals surface area contributed by atoms with Crippen molar-refractivity contribution in [3.63, 3.8) is 0 Å². The summed E-state index contributed by atoms with van der Waals surface area (Å²) in [7, 11) is 0. The number of alkyl halides is 1. The Hall–Kier alpha value is -1.09. The van der Waals surface area contributed by atoms with Crippen molar-refractivity contribution >= 4 is 17.6 Å². The van der Waals surface area contributed by atoms with E-state index in [1.165, 1.54) is 0 Å². The molecule has 4 heteroatoms. The number of benzene rings is 1. The van der Waals surface area contributed by atoms with Gasteiger partial charge in [0.15, 0.2) is 0 Å². The SMILES string of the molecule is CC(C)(C)OC(=O)CC1CC1(F)c1ccc(Cl)cc1. The zero-order valence-corrected chi connectivity index (χ0v) is 12.1. The lowest BCUT2D eigenvalue weighted by Crippen LogP contribution is -2.24. The molecule has 2 rings (SSSR count). The molecule has 1 aromatic carbocycles. The maximum absolute atomic E-state index is 14.6. The standard InChI is InChI=1S/C15H18ClFO2/c1-14(2,3)19-13(18)8-11-9-15(11,17)10-4-6-12(16)7-5-10/h4-7,11H,8-9H2,1-3H3. The number of hydrogen-bond acceptors (Lipinski definition) is 2. The largest absolute Gasteiger partial charge is 0.460 e. The van der Waals surface area contributed by atoms with Gasteiger partial charge in [0.2, 0.25) is 0 Å². The van der Waals surface area contributed by atoms with Crippen molar-refractivity contribution in [2.75, 3.05) is 0 Å². The summed E-state index contributed by atoms with van der Waals surface area (Å²) in [6.45, 7) is 5.42. The van der Waals surface area contributed by atoms with Gasteiger partial charge in [-0.3, -0.25) is 4.79 Å². The Morgan fingerprint density at radius 3 is 2.53 bits per heavy atom. The molecule has 0 N–H and O–H groups in total. The average Bonchev–Trinajstić information content (AvgIpc) is 2.88. The van der Waals surface area contributed by atoms with Crippen LogP contribution in [-0.4, -0.2) is 11.6 Å². The zero-order valence-electron chi connectivity index (χ0n) is 11.4. The third kappa shape index (κ3) is 3.47. The van der Waals surface area contributed by atoms with Crippen molar-refractivity contribution in [3.05, 3.63) is 34.9 Å². The predicted octanol–water partition coefficient (Wildman–Crippen LogP) is 4.26. The molecule has 0 amide bonds. The van der Waals surface area contributed by atoms with Crippen molar-refractivity contribution in [1.29, 1.82) is 0 Å². The van der Waals surface area contributed by atoms with E-state index in [1.807, 2.05) is 0 Å². The van der Waals surface area contributed by atoms with Crippen LogP contribution in [0.25, 0.3) is 0 Å². The molecule has 2 atom stereocenters. The minimum absolute atomic E-state index is 0.121. The van der Waals surface area contributed by atoms with E-state index < -0.39 is 11.3 Å². The molecule has 1 aliphatic rings. The second-order valence-corrected chi connectivity index (χ2v) is 6.50. The molecule has 0 aliphatic heterocycles. The second-order valence-electron chi connectivity index (χ2n) is 6.06. The first kappa shape index (κ1) is 14.3. The molecular weight excluding hydrogens is 267 g/mol. The van der Waals surface area contributed by atoms with Crippen LogP contribution in [0.3, 0.4) is 0 Å². The van der Waals surface area contributed by atoms with E-state index in [-0.39, 0.29) is 18.3 Å². The Morgan fingerprint density at radius 2 is 2.00 bits per heavy atom. The van der Waals surface area contributed by atoms with Crippen LogP contribution in [0.5, 0.6) is 0 Å². The molecule has 0 saturated heterocycles. The van der Waals surface area contributed by atoms with Gasteiger partial charge >= 0.3 is 5.97 Å². The molecule has 0 aromatic heterocycles. The minimum Gasteiger partial charge on any atom is -0.460 e. The monoisotopic (exact) mass is 284 g/mol. The van der Waals surface area contributed by atoms with Crippen LogP contribution in [0.4, 0.5) is 4.39 Å². The molecule has 2 unspecified atom stereocenters. The number of hydrogen-bond donors (Lipinski definition) is 0. The molecule has 1 fully saturated rings. The third-order valence-corrected chi connectivity index (χ3v) is 3.44. The summed E-state index contributed by atoms with van der Waals surface area (Å²) in [5.41, 5.74) is -1.34. The first-order valence-corrected chi connectivity index (χ1v) is 6.75. The maximum atomic E-state index is 14.6.